The third kappa shape index (κ3) is 10.6. The number of nitrogens with zero attached hydrogens (tertiary/aromatic N) is 1. The van der Waals surface area contributed by atoms with Crippen molar-refractivity contribution in [1.29, 1.82) is 0 Å². The van der Waals surface area contributed by atoms with Crippen LogP contribution in [0.15, 0.2) is 17.1 Å². The molecule has 0 aliphatic carbocycles. The van der Waals surface area contributed by atoms with Crippen LogP contribution in [-0.2, 0) is 9.53 Å². The molecule has 0 aromatic carbocycles. The number of allylic oxidation sites excluding steroid dienone is 1. The van der Waals surface area contributed by atoms with Gasteiger partial charge in [-0.1, -0.05) is 31.9 Å². The Morgan fingerprint density at radius 3 is 2.75 bits per heavy atom. The van der Waals surface area contributed by atoms with Crippen LogP contribution in [0.5, 0.6) is 0 Å². The number of rotatable bonds is 11. The van der Waals surface area contributed by atoms with Gasteiger partial charge in [0.1, 0.15) is 6.04 Å². The number of aliphatic imine (C=N–C) groups is 1. The molecule has 0 bridgehead atoms. The normalized spacial score (nSPS) is 13.7. The molecule has 1 atom stereocenters. The van der Waals surface area contributed by atoms with E-state index in [0.29, 0.717) is 31.8 Å². The largest absolute Gasteiger partial charge is 0.465 e. The number of carbonyl (C=O) groups excluding carboxylic acids is 1. The molecule has 0 saturated heterocycles. The van der Waals surface area contributed by atoms with Crippen LogP contribution in [-0.4, -0.2) is 31.0 Å². The highest BCUT2D eigenvalue weighted by Crippen LogP contribution is 2.00. The fourth-order valence-electron chi connectivity index (χ4n) is 1.59. The van der Waals surface area contributed by atoms with E-state index >= 15 is 0 Å². The van der Waals surface area contributed by atoms with Crippen LogP contribution in [0.3, 0.4) is 0 Å². The Bertz CT molecular complexity index is 314. The molecule has 5 heteroatoms. The molecule has 0 aromatic heterocycles. The fraction of sp³-hybridized carbons (Fsp3) is 0.733. The Morgan fingerprint density at radius 2 is 2.10 bits per heavy atom. The number of unbranched alkanes of at least 4 members (excludes halogenated alkanes) is 2. The predicted molar refractivity (Wildman–Crippen MR) is 83.6 cm³/mol. The zero-order valence-electron chi connectivity index (χ0n) is 12.8. The fourth-order valence-corrected chi connectivity index (χ4v) is 1.59. The van der Waals surface area contributed by atoms with Gasteiger partial charge in [-0.3, -0.25) is 9.79 Å². The van der Waals surface area contributed by atoms with Crippen LogP contribution in [0.1, 0.15) is 52.4 Å². The molecule has 0 rings (SSSR count). The number of ether oxygens (including phenoxy) is 1. The molecule has 116 valence electrons. The summed E-state index contributed by atoms with van der Waals surface area (Å²) in [7, 11) is 0. The lowest BCUT2D eigenvalue weighted by Crippen LogP contribution is -2.32. The van der Waals surface area contributed by atoms with Gasteiger partial charge < -0.3 is 16.2 Å². The van der Waals surface area contributed by atoms with Crippen LogP contribution in [0, 0.1) is 0 Å². The van der Waals surface area contributed by atoms with Gasteiger partial charge in [-0.2, -0.15) is 0 Å². The van der Waals surface area contributed by atoms with Crippen LogP contribution < -0.4 is 11.5 Å². The smallest absolute Gasteiger partial charge is 0.322 e. The first-order chi connectivity index (χ1) is 9.61. The second-order valence-electron chi connectivity index (χ2n) is 4.77. The molecular weight excluding hydrogens is 254 g/mol. The molecular formula is C15H29N3O2. The second-order valence-corrected chi connectivity index (χ2v) is 4.77. The zero-order valence-corrected chi connectivity index (χ0v) is 12.8. The minimum Gasteiger partial charge on any atom is -0.465 e. The van der Waals surface area contributed by atoms with E-state index in [1.54, 1.807) is 0 Å². The molecule has 0 aromatic rings. The van der Waals surface area contributed by atoms with Crippen LogP contribution >= 0.6 is 0 Å². The Labute approximate surface area is 122 Å². The lowest BCUT2D eigenvalue weighted by Gasteiger charge is -2.10. The van der Waals surface area contributed by atoms with Crippen molar-refractivity contribution in [2.45, 2.75) is 58.4 Å². The van der Waals surface area contributed by atoms with Gasteiger partial charge in [0.2, 0.25) is 0 Å². The lowest BCUT2D eigenvalue weighted by molar-refractivity contribution is -0.145. The molecule has 0 radical (unpaired) electrons. The summed E-state index contributed by atoms with van der Waals surface area (Å²) < 4.78 is 5.10. The first-order valence-electron chi connectivity index (χ1n) is 7.44. The molecule has 0 aliphatic heterocycles. The van der Waals surface area contributed by atoms with Crippen molar-refractivity contribution in [2.75, 3.05) is 13.2 Å². The average Bonchev–Trinajstić information content (AvgIpc) is 2.45. The molecule has 0 aliphatic rings. The van der Waals surface area contributed by atoms with Crippen molar-refractivity contribution in [3.8, 4) is 0 Å². The maximum atomic E-state index is 11.6. The Hall–Kier alpha value is -1.36. The number of hydrogen-bond donors (Lipinski definition) is 2. The van der Waals surface area contributed by atoms with E-state index in [1.807, 2.05) is 19.1 Å². The molecule has 0 spiro atoms. The summed E-state index contributed by atoms with van der Waals surface area (Å²) in [6.45, 7) is 5.11. The Balaban J connectivity index is 3.70. The van der Waals surface area contributed by atoms with Crippen molar-refractivity contribution in [1.82, 2.24) is 0 Å². The molecule has 0 amide bonds. The lowest BCUT2D eigenvalue weighted by atomic mass is 10.2. The van der Waals surface area contributed by atoms with E-state index in [1.165, 1.54) is 0 Å². The van der Waals surface area contributed by atoms with Gasteiger partial charge in [-0.25, -0.2) is 0 Å². The monoisotopic (exact) mass is 283 g/mol. The van der Waals surface area contributed by atoms with Crippen molar-refractivity contribution in [3.05, 3.63) is 12.2 Å². The molecule has 20 heavy (non-hydrogen) atoms. The van der Waals surface area contributed by atoms with E-state index in [-0.39, 0.29) is 5.97 Å². The summed E-state index contributed by atoms with van der Waals surface area (Å²) in [6.07, 6.45) is 8.96. The molecule has 0 saturated carbocycles. The van der Waals surface area contributed by atoms with Gasteiger partial charge in [0.05, 0.1) is 12.4 Å². The van der Waals surface area contributed by atoms with Gasteiger partial charge in [0, 0.05) is 13.0 Å². The number of nitrogens with two attached hydrogens (primary N) is 2. The zero-order chi connectivity index (χ0) is 15.2. The van der Waals surface area contributed by atoms with E-state index in [9.17, 15) is 4.79 Å². The van der Waals surface area contributed by atoms with Gasteiger partial charge in [-0.15, -0.1) is 0 Å². The van der Waals surface area contributed by atoms with Gasteiger partial charge in [-0.05, 0) is 26.2 Å². The number of hydrogen-bond acceptors (Lipinski definition) is 4. The van der Waals surface area contributed by atoms with E-state index in [0.717, 1.165) is 25.7 Å². The SMILES string of the molecule is CC=CCC(N)=NCCC[C@H](N)C(=O)OCCCCC. The maximum Gasteiger partial charge on any atom is 0.322 e. The summed E-state index contributed by atoms with van der Waals surface area (Å²) in [5.41, 5.74) is 11.5. The van der Waals surface area contributed by atoms with Crippen LogP contribution in [0.25, 0.3) is 0 Å². The highest BCUT2D eigenvalue weighted by Gasteiger charge is 2.13. The second kappa shape index (κ2) is 12.7. The van der Waals surface area contributed by atoms with E-state index in [4.69, 9.17) is 16.2 Å². The first kappa shape index (κ1) is 18.6. The van der Waals surface area contributed by atoms with Gasteiger partial charge in [0.25, 0.3) is 0 Å². The summed E-state index contributed by atoms with van der Waals surface area (Å²) in [5, 5.41) is 0. The van der Waals surface area contributed by atoms with Crippen LogP contribution in [0.2, 0.25) is 0 Å². The summed E-state index contributed by atoms with van der Waals surface area (Å²) in [6, 6.07) is -0.552. The van der Waals surface area contributed by atoms with E-state index < -0.39 is 6.04 Å². The molecule has 0 unspecified atom stereocenters. The quantitative estimate of drug-likeness (QED) is 0.200. The standard InChI is InChI=1S/C15H29N3O2/c1-3-5-7-12-20-15(19)13(16)9-8-11-18-14(17)10-6-4-2/h4,6,13H,3,5,7-12,16H2,1-2H3,(H2,17,18)/t13-/m0/s1. The van der Waals surface area contributed by atoms with Crippen molar-refractivity contribution in [2.24, 2.45) is 16.5 Å². The maximum absolute atomic E-state index is 11.6. The molecule has 5 nitrogen and oxygen atoms in total. The number of esters is 1. The number of carbonyl (C=O) groups is 1. The number of amidine groups is 1. The third-order valence-corrected chi connectivity index (χ3v) is 2.85. The minimum absolute atomic E-state index is 0.313. The topological polar surface area (TPSA) is 90.7 Å². The minimum atomic E-state index is -0.552. The molecule has 4 N–H and O–H groups in total. The van der Waals surface area contributed by atoms with Gasteiger partial charge in [0.15, 0.2) is 0 Å². The first-order valence-corrected chi connectivity index (χ1v) is 7.44. The Kier molecular flexibility index (Phi) is 11.8. The Morgan fingerprint density at radius 1 is 1.35 bits per heavy atom. The van der Waals surface area contributed by atoms with Gasteiger partial charge >= 0.3 is 5.97 Å². The van der Waals surface area contributed by atoms with Crippen molar-refractivity contribution in [3.63, 3.8) is 0 Å². The van der Waals surface area contributed by atoms with Crippen molar-refractivity contribution < 1.29 is 9.53 Å². The highest BCUT2D eigenvalue weighted by molar-refractivity contribution is 5.81. The van der Waals surface area contributed by atoms with E-state index in [2.05, 4.69) is 11.9 Å². The predicted octanol–water partition coefficient (Wildman–Crippen LogP) is 2.15. The van der Waals surface area contributed by atoms with Crippen LogP contribution in [0.4, 0.5) is 0 Å². The summed E-state index contributed by atoms with van der Waals surface area (Å²) >= 11 is 0. The highest BCUT2D eigenvalue weighted by atomic mass is 16.5. The molecule has 0 heterocycles. The average molecular weight is 283 g/mol. The summed E-state index contributed by atoms with van der Waals surface area (Å²) in [5.74, 6) is 0.297. The van der Waals surface area contributed by atoms with Crippen molar-refractivity contribution >= 4 is 11.8 Å². The third-order valence-electron chi connectivity index (χ3n) is 2.85. The summed E-state index contributed by atoms with van der Waals surface area (Å²) in [4.78, 5) is 15.8. The molecule has 0 fully saturated rings.